The smallest absolute Gasteiger partial charge is 0.341 e. The normalized spacial score (nSPS) is 16.9. The predicted molar refractivity (Wildman–Crippen MR) is 147 cm³/mol. The van der Waals surface area contributed by atoms with Crippen molar-refractivity contribution in [2.75, 3.05) is 35.1 Å². The lowest BCUT2D eigenvalue weighted by molar-refractivity contribution is -0.137. The fraction of sp³-hybridized carbons (Fsp3) is 0.250. The van der Waals surface area contributed by atoms with E-state index in [2.05, 4.69) is 15.6 Å². The van der Waals surface area contributed by atoms with E-state index in [9.17, 15) is 40.3 Å². The van der Waals surface area contributed by atoms with Crippen molar-refractivity contribution in [3.05, 3.63) is 86.9 Å². The minimum atomic E-state index is -4.47. The Balaban J connectivity index is 0.000000270. The van der Waals surface area contributed by atoms with E-state index in [0.717, 1.165) is 12.1 Å². The number of nitrogens with zero attached hydrogens (tertiary/aromatic N) is 3. The molecule has 0 spiro atoms. The summed E-state index contributed by atoms with van der Waals surface area (Å²) >= 11 is 6.28. The van der Waals surface area contributed by atoms with Gasteiger partial charge < -0.3 is 20.3 Å². The summed E-state index contributed by atoms with van der Waals surface area (Å²) in [6.45, 7) is 0.729. The minimum Gasteiger partial charge on any atom is -0.341 e. The number of nitrogens with one attached hydrogen (secondary N) is 2. The summed E-state index contributed by atoms with van der Waals surface area (Å²) in [5.74, 6) is -1.72. The van der Waals surface area contributed by atoms with Crippen LogP contribution in [0.4, 0.5) is 47.8 Å². The van der Waals surface area contributed by atoms with Gasteiger partial charge in [-0.05, 0) is 55.0 Å². The summed E-state index contributed by atoms with van der Waals surface area (Å²) in [6, 6.07) is 6.80. The first-order chi connectivity index (χ1) is 20.8. The van der Waals surface area contributed by atoms with Crippen LogP contribution < -0.4 is 20.4 Å². The first kappa shape index (κ1) is 31.1. The number of rotatable bonds is 5. The summed E-state index contributed by atoms with van der Waals surface area (Å²) in [4.78, 5) is 31.5. The van der Waals surface area contributed by atoms with Gasteiger partial charge in [0.25, 0.3) is 12.3 Å². The highest BCUT2D eigenvalue weighted by molar-refractivity contribution is 6.31. The number of aliphatic imine (C=N–C) groups is 1. The van der Waals surface area contributed by atoms with E-state index in [4.69, 9.17) is 16.3 Å². The molecule has 0 radical (unpaired) electrons. The third kappa shape index (κ3) is 5.88. The number of carbonyl (C=O) groups is 2. The molecular weight excluding hydrogens is 623 g/mol. The number of benzene rings is 3. The molecule has 0 saturated heterocycles. The molecule has 3 aliphatic heterocycles. The highest BCUT2D eigenvalue weighted by Gasteiger charge is 2.45. The monoisotopic (exact) mass is 643 g/mol. The van der Waals surface area contributed by atoms with Crippen LogP contribution in [0.25, 0.3) is 0 Å². The molecule has 0 aliphatic carbocycles. The van der Waals surface area contributed by atoms with Gasteiger partial charge in [0.05, 0.1) is 35.1 Å². The lowest BCUT2D eigenvalue weighted by atomic mass is 9.94. The predicted octanol–water partition coefficient (Wildman–Crippen LogP) is 6.23. The fourth-order valence-electron chi connectivity index (χ4n) is 5.21. The van der Waals surface area contributed by atoms with Crippen molar-refractivity contribution in [1.82, 2.24) is 5.32 Å². The van der Waals surface area contributed by atoms with E-state index in [1.165, 1.54) is 41.0 Å². The lowest BCUT2D eigenvalue weighted by Crippen LogP contribution is -2.44. The van der Waals surface area contributed by atoms with E-state index < -0.39 is 48.3 Å². The number of fused-ring (bicyclic) bond motifs is 5. The van der Waals surface area contributed by atoms with Crippen LogP contribution in [0.1, 0.15) is 38.7 Å². The Hall–Kier alpha value is -4.37. The maximum absolute atomic E-state index is 14.0. The molecule has 3 aromatic carbocycles. The maximum Gasteiger partial charge on any atom is 0.416 e. The van der Waals surface area contributed by atoms with E-state index >= 15 is 0 Å². The van der Waals surface area contributed by atoms with Gasteiger partial charge in [-0.2, -0.15) is 13.2 Å². The molecule has 8 nitrogen and oxygen atoms in total. The van der Waals surface area contributed by atoms with Crippen LogP contribution in [0.5, 0.6) is 0 Å². The molecule has 2 N–H and O–H groups in total. The van der Waals surface area contributed by atoms with E-state index in [0.29, 0.717) is 29.3 Å². The van der Waals surface area contributed by atoms with Gasteiger partial charge in [-0.15, -0.1) is 0 Å². The zero-order valence-electron chi connectivity index (χ0n) is 22.5. The number of anilines is 3. The van der Waals surface area contributed by atoms with E-state index in [1.807, 2.05) is 0 Å². The third-order valence-electron chi connectivity index (χ3n) is 6.85. The summed E-state index contributed by atoms with van der Waals surface area (Å²) in [5, 5.41) is 5.51. The number of hydrogen-bond donors (Lipinski definition) is 2. The Morgan fingerprint density at radius 2 is 1.91 bits per heavy atom. The highest BCUT2D eigenvalue weighted by Crippen LogP contribution is 2.50. The van der Waals surface area contributed by atoms with E-state index in [1.54, 1.807) is 0 Å². The highest BCUT2D eigenvalue weighted by atomic mass is 35.5. The van der Waals surface area contributed by atoms with Gasteiger partial charge in [0.1, 0.15) is 25.1 Å². The van der Waals surface area contributed by atoms with Crippen molar-refractivity contribution < 1.29 is 45.1 Å². The van der Waals surface area contributed by atoms with Gasteiger partial charge in [0.15, 0.2) is 0 Å². The molecule has 2 amide bonds. The Labute approximate surface area is 250 Å². The summed E-state index contributed by atoms with van der Waals surface area (Å²) in [7, 11) is 0. The van der Waals surface area contributed by atoms with Gasteiger partial charge in [-0.25, -0.2) is 22.6 Å². The third-order valence-corrected chi connectivity index (χ3v) is 7.19. The zero-order chi connectivity index (χ0) is 31.9. The van der Waals surface area contributed by atoms with Crippen LogP contribution in [-0.4, -0.2) is 44.7 Å². The summed E-state index contributed by atoms with van der Waals surface area (Å²) in [6.07, 6.45) is -6.74. The van der Waals surface area contributed by atoms with Crippen molar-refractivity contribution in [1.29, 1.82) is 0 Å². The average molecular weight is 644 g/mol. The Morgan fingerprint density at radius 3 is 2.57 bits per heavy atom. The van der Waals surface area contributed by atoms with Crippen molar-refractivity contribution in [3.8, 4) is 0 Å². The molecule has 232 valence electrons. The number of ether oxygens (including phenoxy) is 1. The van der Waals surface area contributed by atoms with Crippen molar-refractivity contribution in [3.63, 3.8) is 0 Å². The molecule has 0 bridgehead atoms. The minimum absolute atomic E-state index is 0.00284. The lowest BCUT2D eigenvalue weighted by Gasteiger charge is -2.26. The summed E-state index contributed by atoms with van der Waals surface area (Å²) < 4.78 is 94.5. The largest absolute Gasteiger partial charge is 0.416 e. The number of alkyl halides is 5. The van der Waals surface area contributed by atoms with Gasteiger partial charge >= 0.3 is 6.18 Å². The summed E-state index contributed by atoms with van der Waals surface area (Å²) in [5.41, 5.74) is 0.908. The van der Waals surface area contributed by atoms with Gasteiger partial charge in [0.2, 0.25) is 12.4 Å². The van der Waals surface area contributed by atoms with Crippen LogP contribution in [-0.2, 0) is 15.7 Å². The fourth-order valence-corrected chi connectivity index (χ4v) is 5.44. The number of halogens is 8. The zero-order valence-corrected chi connectivity index (χ0v) is 23.2. The molecule has 0 aromatic heterocycles. The molecule has 6 rings (SSSR count). The molecule has 0 saturated carbocycles. The second-order valence-electron chi connectivity index (χ2n) is 9.78. The topological polar surface area (TPSA) is 86.3 Å². The number of carbonyl (C=O) groups excluding carboxylic acids is 2. The maximum atomic E-state index is 14.0. The van der Waals surface area contributed by atoms with Crippen LogP contribution in [0.2, 0.25) is 5.02 Å². The molecule has 3 heterocycles. The Kier molecular flexibility index (Phi) is 8.44. The molecule has 3 aromatic rings. The molecule has 16 heteroatoms. The molecule has 1 unspecified atom stereocenters. The number of aryl methyl sites for hydroxylation is 1. The van der Waals surface area contributed by atoms with Crippen LogP contribution in [0.3, 0.4) is 0 Å². The van der Waals surface area contributed by atoms with Gasteiger partial charge in [-0.1, -0.05) is 11.6 Å². The average Bonchev–Trinajstić information content (AvgIpc) is 3.44. The quantitative estimate of drug-likeness (QED) is 0.255. The van der Waals surface area contributed by atoms with Crippen LogP contribution in [0, 0.1) is 18.6 Å². The molecule has 0 fully saturated rings. The first-order valence-corrected chi connectivity index (χ1v) is 13.1. The standard InChI is InChI=1S/C20H15ClF3N5O3.C8H6F4/c21-11-2-1-9(22)3-10(11)17-15-12(25-6-30)4-13-18(16(15)19(31)27-17)29-8-32-7-26-20(29)28(13)5-14(23)24;1-5-2-6(8(10,11)12)4-7(9)3-5/h1-4,6,14,17H,5,7-8H2,(H,25,30)(H,27,31);2-4H,1H3. The Morgan fingerprint density at radius 1 is 1.16 bits per heavy atom. The molecule has 1 atom stereocenters. The SMILES string of the molecule is Cc1cc(F)cc(C(F)(F)F)c1.O=CNc1cc2c(c3c1C(c1cc(F)ccc1Cl)NC3=O)N1COCN=C1N2CC(F)F. The number of amides is 2. The molecular formula is C28H21ClF7N5O3. The first-order valence-electron chi connectivity index (χ1n) is 12.8. The van der Waals surface area contributed by atoms with Crippen LogP contribution >= 0.6 is 11.6 Å². The molecule has 3 aliphatic rings. The molecule has 44 heavy (non-hydrogen) atoms. The van der Waals surface area contributed by atoms with E-state index in [-0.39, 0.29) is 46.9 Å². The van der Waals surface area contributed by atoms with Crippen molar-refractivity contribution >= 4 is 46.9 Å². The van der Waals surface area contributed by atoms with Gasteiger partial charge in [0, 0.05) is 21.8 Å². The van der Waals surface area contributed by atoms with Crippen molar-refractivity contribution in [2.24, 2.45) is 4.99 Å². The number of guanidine groups is 1. The second kappa shape index (κ2) is 12.0. The van der Waals surface area contributed by atoms with Crippen LogP contribution in [0.15, 0.2) is 47.5 Å². The number of hydrogen-bond acceptors (Lipinski definition) is 6. The second-order valence-corrected chi connectivity index (χ2v) is 10.2. The van der Waals surface area contributed by atoms with Crippen molar-refractivity contribution in [2.45, 2.75) is 25.6 Å². The van der Waals surface area contributed by atoms with Gasteiger partial charge in [-0.3, -0.25) is 14.5 Å². The Bertz CT molecular complexity index is 1650.